The fourth-order valence-corrected chi connectivity index (χ4v) is 9.69. The summed E-state index contributed by atoms with van der Waals surface area (Å²) in [5, 5.41) is 23.1. The predicted octanol–water partition coefficient (Wildman–Crippen LogP) is 19.4. The number of ether oxygens (including phenoxy) is 1. The molecular weight excluding hydrogens is 851 g/mol. The van der Waals surface area contributed by atoms with Crippen molar-refractivity contribution in [2.75, 3.05) is 13.2 Å². The fraction of sp³-hybridized carbons (Fsp3) is 0.905. The van der Waals surface area contributed by atoms with E-state index in [0.717, 1.165) is 38.5 Å². The molecule has 1 amide bonds. The number of unbranched alkanes of at least 4 members (excludes halogenated alkanes) is 45. The van der Waals surface area contributed by atoms with Crippen LogP contribution in [-0.2, 0) is 14.3 Å². The van der Waals surface area contributed by atoms with E-state index in [9.17, 15) is 19.8 Å². The van der Waals surface area contributed by atoms with Crippen molar-refractivity contribution in [2.24, 2.45) is 0 Å². The molecule has 6 nitrogen and oxygen atoms in total. The molecular formula is C63H121NO5. The molecule has 0 rings (SSSR count). The first kappa shape index (κ1) is 67.3. The van der Waals surface area contributed by atoms with Crippen molar-refractivity contribution in [1.82, 2.24) is 5.32 Å². The van der Waals surface area contributed by atoms with E-state index in [2.05, 4.69) is 31.3 Å². The van der Waals surface area contributed by atoms with Crippen LogP contribution >= 0.6 is 0 Å². The lowest BCUT2D eigenvalue weighted by molar-refractivity contribution is -0.143. The number of hydrogen-bond acceptors (Lipinski definition) is 5. The highest BCUT2D eigenvalue weighted by molar-refractivity contribution is 5.76. The minimum atomic E-state index is -0.846. The maximum atomic E-state index is 12.5. The van der Waals surface area contributed by atoms with Gasteiger partial charge in [-0.1, -0.05) is 295 Å². The molecule has 0 bridgehead atoms. The van der Waals surface area contributed by atoms with E-state index in [-0.39, 0.29) is 18.5 Å². The number of carbonyl (C=O) groups excluding carboxylic acids is 2. The maximum absolute atomic E-state index is 12.5. The molecule has 0 aromatic carbocycles. The zero-order valence-electron chi connectivity index (χ0n) is 46.6. The molecule has 0 heterocycles. The average molecular weight is 973 g/mol. The molecule has 0 aromatic heterocycles. The molecule has 0 aromatic rings. The van der Waals surface area contributed by atoms with Crippen LogP contribution in [0.1, 0.15) is 341 Å². The van der Waals surface area contributed by atoms with Gasteiger partial charge >= 0.3 is 5.97 Å². The normalized spacial score (nSPS) is 12.7. The number of aliphatic hydroxyl groups excluding tert-OH is 2. The molecule has 2 atom stereocenters. The summed E-state index contributed by atoms with van der Waals surface area (Å²) in [7, 11) is 0. The number of carbonyl (C=O) groups is 2. The number of aliphatic hydroxyl groups is 2. The Balaban J connectivity index is 3.42. The minimum absolute atomic E-state index is 0.0138. The second-order valence-electron chi connectivity index (χ2n) is 21.4. The molecule has 2 unspecified atom stereocenters. The van der Waals surface area contributed by atoms with Crippen molar-refractivity contribution in [3.63, 3.8) is 0 Å². The largest absolute Gasteiger partial charge is 0.466 e. The zero-order valence-corrected chi connectivity index (χ0v) is 46.6. The Kier molecular flexibility index (Phi) is 57.5. The van der Waals surface area contributed by atoms with E-state index in [0.29, 0.717) is 19.4 Å². The summed E-state index contributed by atoms with van der Waals surface area (Å²) in [6.07, 6.45) is 72.2. The Hall–Kier alpha value is -1.66. The van der Waals surface area contributed by atoms with Gasteiger partial charge in [-0.25, -0.2) is 0 Å². The molecule has 0 saturated carbocycles. The summed E-state index contributed by atoms with van der Waals surface area (Å²) in [6.45, 7) is 4.92. The third kappa shape index (κ3) is 55.5. The van der Waals surface area contributed by atoms with Gasteiger partial charge in [0, 0.05) is 12.8 Å². The standard InChI is InChI=1S/C63H121NO5/c1-3-5-7-9-11-13-15-17-28-32-35-39-43-47-51-55-61(66)60(59-65)64-62(67)56-52-48-44-40-36-33-29-26-24-22-20-18-19-21-23-25-27-30-34-38-42-46-50-54-58-69-63(68)57-53-49-45-41-37-31-16-14-12-10-8-6-4-2/h20,22,51,55,60-61,65-66H,3-19,21,23-50,52-54,56-59H2,1-2H3,(H,64,67)/b22-20-,55-51+. The number of rotatable bonds is 58. The topological polar surface area (TPSA) is 95.9 Å². The molecule has 0 saturated heterocycles. The molecule has 0 aliphatic rings. The summed E-state index contributed by atoms with van der Waals surface area (Å²) in [6, 6.07) is -0.630. The summed E-state index contributed by atoms with van der Waals surface area (Å²) < 4.78 is 5.48. The van der Waals surface area contributed by atoms with Gasteiger partial charge < -0.3 is 20.3 Å². The van der Waals surface area contributed by atoms with Crippen molar-refractivity contribution in [3.05, 3.63) is 24.3 Å². The second kappa shape index (κ2) is 58.9. The number of allylic oxidation sites excluding steroid dienone is 3. The molecule has 0 radical (unpaired) electrons. The molecule has 69 heavy (non-hydrogen) atoms. The molecule has 3 N–H and O–H groups in total. The van der Waals surface area contributed by atoms with Crippen molar-refractivity contribution < 1.29 is 24.5 Å². The van der Waals surface area contributed by atoms with Gasteiger partial charge in [-0.15, -0.1) is 0 Å². The summed E-state index contributed by atoms with van der Waals surface area (Å²) >= 11 is 0. The first-order chi connectivity index (χ1) is 34.0. The highest BCUT2D eigenvalue weighted by Gasteiger charge is 2.18. The van der Waals surface area contributed by atoms with Crippen LogP contribution in [0.4, 0.5) is 0 Å². The van der Waals surface area contributed by atoms with Gasteiger partial charge in [-0.3, -0.25) is 9.59 Å². The molecule has 0 aliphatic carbocycles. The Morgan fingerprint density at radius 3 is 1.03 bits per heavy atom. The fourth-order valence-electron chi connectivity index (χ4n) is 9.69. The first-order valence-electron chi connectivity index (χ1n) is 31.1. The molecule has 0 aliphatic heterocycles. The van der Waals surface area contributed by atoms with Gasteiger partial charge in [-0.2, -0.15) is 0 Å². The quantitative estimate of drug-likeness (QED) is 0.0321. The summed E-state index contributed by atoms with van der Waals surface area (Å²) in [5.41, 5.74) is 0. The Bertz CT molecular complexity index is 1080. The maximum Gasteiger partial charge on any atom is 0.305 e. The molecule has 0 fully saturated rings. The van der Waals surface area contributed by atoms with Gasteiger partial charge in [-0.05, 0) is 57.8 Å². The van der Waals surface area contributed by atoms with Gasteiger partial charge in [0.15, 0.2) is 0 Å². The van der Waals surface area contributed by atoms with E-state index in [4.69, 9.17) is 4.74 Å². The highest BCUT2D eigenvalue weighted by atomic mass is 16.5. The average Bonchev–Trinajstić information content (AvgIpc) is 3.35. The lowest BCUT2D eigenvalue weighted by Gasteiger charge is -2.20. The highest BCUT2D eigenvalue weighted by Crippen LogP contribution is 2.17. The van der Waals surface area contributed by atoms with Crippen LogP contribution in [0.15, 0.2) is 24.3 Å². The minimum Gasteiger partial charge on any atom is -0.466 e. The lowest BCUT2D eigenvalue weighted by atomic mass is 10.0. The summed E-state index contributed by atoms with van der Waals surface area (Å²) in [4.78, 5) is 24.5. The van der Waals surface area contributed by atoms with E-state index in [1.165, 1.54) is 276 Å². The second-order valence-corrected chi connectivity index (χ2v) is 21.4. The van der Waals surface area contributed by atoms with E-state index < -0.39 is 12.1 Å². The first-order valence-corrected chi connectivity index (χ1v) is 31.1. The van der Waals surface area contributed by atoms with E-state index >= 15 is 0 Å². The van der Waals surface area contributed by atoms with Crippen LogP contribution in [-0.4, -0.2) is 47.4 Å². The number of esters is 1. The van der Waals surface area contributed by atoms with Gasteiger partial charge in [0.25, 0.3) is 0 Å². The van der Waals surface area contributed by atoms with Crippen molar-refractivity contribution in [1.29, 1.82) is 0 Å². The monoisotopic (exact) mass is 972 g/mol. The van der Waals surface area contributed by atoms with Gasteiger partial charge in [0.05, 0.1) is 25.4 Å². The Labute approximate surface area is 431 Å². The molecule has 6 heteroatoms. The smallest absolute Gasteiger partial charge is 0.305 e. The van der Waals surface area contributed by atoms with Crippen LogP contribution in [0, 0.1) is 0 Å². The molecule has 0 spiro atoms. The van der Waals surface area contributed by atoms with Gasteiger partial charge in [0.2, 0.25) is 5.91 Å². The van der Waals surface area contributed by atoms with E-state index in [1.54, 1.807) is 6.08 Å². The number of amides is 1. The van der Waals surface area contributed by atoms with E-state index in [1.807, 2.05) is 6.08 Å². The summed E-state index contributed by atoms with van der Waals surface area (Å²) in [5.74, 6) is -0.0571. The number of hydrogen-bond donors (Lipinski definition) is 3. The third-order valence-corrected chi connectivity index (χ3v) is 14.5. The van der Waals surface area contributed by atoms with Gasteiger partial charge in [0.1, 0.15) is 0 Å². The SMILES string of the molecule is CCCCCCCCCCCCCCC/C=C/C(O)C(CO)NC(=O)CCCCCCCCCC/C=C\CCCCCCCCCCCCCCOC(=O)CCCCCCCCCCCCCCC. The number of nitrogens with one attached hydrogen (secondary N) is 1. The van der Waals surface area contributed by atoms with Crippen LogP contribution < -0.4 is 5.32 Å². The zero-order chi connectivity index (χ0) is 50.0. The van der Waals surface area contributed by atoms with Crippen molar-refractivity contribution >= 4 is 11.9 Å². The van der Waals surface area contributed by atoms with Crippen molar-refractivity contribution in [2.45, 2.75) is 353 Å². The van der Waals surface area contributed by atoms with Crippen LogP contribution in [0.3, 0.4) is 0 Å². The molecule has 408 valence electrons. The lowest BCUT2D eigenvalue weighted by Crippen LogP contribution is -2.45. The predicted molar refractivity (Wildman–Crippen MR) is 301 cm³/mol. The van der Waals surface area contributed by atoms with Crippen LogP contribution in [0.2, 0.25) is 0 Å². The Morgan fingerprint density at radius 2 is 0.681 bits per heavy atom. The Morgan fingerprint density at radius 1 is 0.391 bits per heavy atom. The van der Waals surface area contributed by atoms with Crippen molar-refractivity contribution in [3.8, 4) is 0 Å². The van der Waals surface area contributed by atoms with Crippen LogP contribution in [0.25, 0.3) is 0 Å². The third-order valence-electron chi connectivity index (χ3n) is 14.5. The van der Waals surface area contributed by atoms with Crippen LogP contribution in [0.5, 0.6) is 0 Å².